The van der Waals surface area contributed by atoms with Gasteiger partial charge in [-0.25, -0.2) is 18.4 Å². The summed E-state index contributed by atoms with van der Waals surface area (Å²) >= 11 is 0. The molecule has 3 aromatic rings. The van der Waals surface area contributed by atoms with Crippen LogP contribution in [0.5, 0.6) is 11.6 Å². The molecule has 0 saturated heterocycles. The quantitative estimate of drug-likeness (QED) is 0.743. The van der Waals surface area contributed by atoms with Crippen molar-refractivity contribution in [2.75, 3.05) is 10.5 Å². The molecule has 0 unspecified atom stereocenters. The lowest BCUT2D eigenvalue weighted by Gasteiger charge is -2.09. The van der Waals surface area contributed by atoms with Gasteiger partial charge in [0.05, 0.1) is 5.75 Å². The van der Waals surface area contributed by atoms with Crippen molar-refractivity contribution in [3.05, 3.63) is 61.2 Å². The van der Waals surface area contributed by atoms with Gasteiger partial charge >= 0.3 is 0 Å². The molecule has 7 nitrogen and oxygen atoms in total. The molecule has 0 atom stereocenters. The SMILES string of the molecule is CCS(=O)(=O)Nc1ccc(Oc2cc(-n3cccc3)ncn2)cc1. The van der Waals surface area contributed by atoms with E-state index in [1.165, 1.54) is 6.33 Å². The van der Waals surface area contributed by atoms with Crippen LogP contribution in [0.15, 0.2) is 61.2 Å². The number of nitrogens with zero attached hydrogens (tertiary/aromatic N) is 3. The first kappa shape index (κ1) is 16.0. The van der Waals surface area contributed by atoms with Crippen LogP contribution >= 0.6 is 0 Å². The highest BCUT2D eigenvalue weighted by molar-refractivity contribution is 7.92. The van der Waals surface area contributed by atoms with Crippen molar-refractivity contribution in [1.29, 1.82) is 0 Å². The Morgan fingerprint density at radius 2 is 1.83 bits per heavy atom. The van der Waals surface area contributed by atoms with E-state index in [2.05, 4.69) is 14.7 Å². The van der Waals surface area contributed by atoms with Crippen LogP contribution in [0.3, 0.4) is 0 Å². The van der Waals surface area contributed by atoms with Gasteiger partial charge in [-0.2, -0.15) is 0 Å². The van der Waals surface area contributed by atoms with Crippen molar-refractivity contribution < 1.29 is 13.2 Å². The Labute approximate surface area is 140 Å². The fourth-order valence-corrected chi connectivity index (χ4v) is 2.62. The molecule has 0 bridgehead atoms. The molecule has 24 heavy (non-hydrogen) atoms. The van der Waals surface area contributed by atoms with Crippen molar-refractivity contribution in [2.24, 2.45) is 0 Å². The Morgan fingerprint density at radius 1 is 1.12 bits per heavy atom. The van der Waals surface area contributed by atoms with E-state index in [9.17, 15) is 8.42 Å². The number of benzene rings is 1. The normalized spacial score (nSPS) is 11.2. The van der Waals surface area contributed by atoms with E-state index in [1.807, 2.05) is 29.1 Å². The Morgan fingerprint density at radius 3 is 2.50 bits per heavy atom. The Kier molecular flexibility index (Phi) is 4.48. The Hall–Kier alpha value is -2.87. The number of rotatable bonds is 6. The van der Waals surface area contributed by atoms with Gasteiger partial charge < -0.3 is 9.30 Å². The lowest BCUT2D eigenvalue weighted by Crippen LogP contribution is -2.14. The second-order valence-electron chi connectivity index (χ2n) is 4.94. The number of hydrogen-bond acceptors (Lipinski definition) is 5. The minimum Gasteiger partial charge on any atom is -0.439 e. The highest BCUT2D eigenvalue weighted by Crippen LogP contribution is 2.22. The number of ether oxygens (including phenoxy) is 1. The van der Waals surface area contributed by atoms with E-state index in [1.54, 1.807) is 37.3 Å². The van der Waals surface area contributed by atoms with Crippen molar-refractivity contribution >= 4 is 15.7 Å². The summed E-state index contributed by atoms with van der Waals surface area (Å²) in [5.41, 5.74) is 0.486. The summed E-state index contributed by atoms with van der Waals surface area (Å²) in [7, 11) is -3.29. The molecule has 124 valence electrons. The first-order valence-corrected chi connectivity index (χ1v) is 8.95. The van der Waals surface area contributed by atoms with Gasteiger partial charge in [-0.1, -0.05) is 0 Å². The number of hydrogen-bond donors (Lipinski definition) is 1. The van der Waals surface area contributed by atoms with Gasteiger partial charge in [0.1, 0.15) is 17.9 Å². The fraction of sp³-hybridized carbons (Fsp3) is 0.125. The second kappa shape index (κ2) is 6.71. The third-order valence-electron chi connectivity index (χ3n) is 3.23. The first-order valence-electron chi connectivity index (χ1n) is 7.29. The highest BCUT2D eigenvalue weighted by Gasteiger charge is 2.07. The summed E-state index contributed by atoms with van der Waals surface area (Å²) in [4.78, 5) is 8.26. The van der Waals surface area contributed by atoms with Crippen LogP contribution < -0.4 is 9.46 Å². The van der Waals surface area contributed by atoms with Crippen molar-refractivity contribution in [3.8, 4) is 17.4 Å². The van der Waals surface area contributed by atoms with Crippen LogP contribution in [0.4, 0.5) is 5.69 Å². The standard InChI is InChI=1S/C16H16N4O3S/c1-2-24(21,22)19-13-5-7-14(8-6-13)23-16-11-15(17-12-18-16)20-9-3-4-10-20/h3-12,19H,2H2,1H3. The summed E-state index contributed by atoms with van der Waals surface area (Å²) in [5, 5.41) is 0. The zero-order valence-electron chi connectivity index (χ0n) is 13.0. The maximum Gasteiger partial charge on any atom is 0.232 e. The molecule has 0 aliphatic carbocycles. The first-order chi connectivity index (χ1) is 11.6. The minimum atomic E-state index is -3.29. The lowest BCUT2D eigenvalue weighted by atomic mass is 10.3. The van der Waals surface area contributed by atoms with E-state index in [4.69, 9.17) is 4.74 Å². The van der Waals surface area contributed by atoms with Gasteiger partial charge in [-0.15, -0.1) is 0 Å². The molecule has 0 radical (unpaired) electrons. The molecule has 0 saturated carbocycles. The zero-order valence-corrected chi connectivity index (χ0v) is 13.8. The molecule has 0 aliphatic rings. The molecule has 0 amide bonds. The number of sulfonamides is 1. The minimum absolute atomic E-state index is 0.0222. The third kappa shape index (κ3) is 3.90. The lowest BCUT2D eigenvalue weighted by molar-refractivity contribution is 0.461. The highest BCUT2D eigenvalue weighted by atomic mass is 32.2. The molecular weight excluding hydrogens is 328 g/mol. The molecule has 0 fully saturated rings. The summed E-state index contributed by atoms with van der Waals surface area (Å²) in [6, 6.07) is 12.1. The monoisotopic (exact) mass is 344 g/mol. The van der Waals surface area contributed by atoms with Gasteiger partial charge in [-0.05, 0) is 43.3 Å². The average molecular weight is 344 g/mol. The van der Waals surface area contributed by atoms with E-state index < -0.39 is 10.0 Å². The van der Waals surface area contributed by atoms with Gasteiger partial charge in [0, 0.05) is 24.1 Å². The van der Waals surface area contributed by atoms with Crippen molar-refractivity contribution in [3.63, 3.8) is 0 Å². The van der Waals surface area contributed by atoms with Gasteiger partial charge in [-0.3, -0.25) is 4.72 Å². The molecule has 1 N–H and O–H groups in total. The summed E-state index contributed by atoms with van der Waals surface area (Å²) in [6.45, 7) is 1.58. The van der Waals surface area contributed by atoms with E-state index in [-0.39, 0.29) is 5.75 Å². The number of aromatic nitrogens is 3. The van der Waals surface area contributed by atoms with Crippen molar-refractivity contribution in [2.45, 2.75) is 6.92 Å². The molecule has 8 heteroatoms. The number of nitrogens with one attached hydrogen (secondary N) is 1. The van der Waals surface area contributed by atoms with E-state index >= 15 is 0 Å². The zero-order chi connectivity index (χ0) is 17.0. The van der Waals surface area contributed by atoms with Crippen molar-refractivity contribution in [1.82, 2.24) is 14.5 Å². The van der Waals surface area contributed by atoms with Gasteiger partial charge in [0.2, 0.25) is 15.9 Å². The van der Waals surface area contributed by atoms with Crippen LogP contribution in [-0.2, 0) is 10.0 Å². The van der Waals surface area contributed by atoms with E-state index in [0.717, 1.165) is 0 Å². The predicted octanol–water partition coefficient (Wildman–Crippen LogP) is 2.82. The second-order valence-corrected chi connectivity index (χ2v) is 6.95. The molecule has 2 aromatic heterocycles. The average Bonchev–Trinajstić information content (AvgIpc) is 3.11. The van der Waals surface area contributed by atoms with Crippen LogP contribution in [0, 0.1) is 0 Å². The van der Waals surface area contributed by atoms with Crippen LogP contribution in [-0.4, -0.2) is 28.7 Å². The van der Waals surface area contributed by atoms with E-state index in [0.29, 0.717) is 23.1 Å². The van der Waals surface area contributed by atoms with Crippen LogP contribution in [0.1, 0.15) is 6.92 Å². The molecule has 1 aromatic carbocycles. The molecule has 2 heterocycles. The Balaban J connectivity index is 1.74. The maximum atomic E-state index is 11.5. The Bertz CT molecular complexity index is 907. The summed E-state index contributed by atoms with van der Waals surface area (Å²) in [5.74, 6) is 1.66. The smallest absolute Gasteiger partial charge is 0.232 e. The third-order valence-corrected chi connectivity index (χ3v) is 4.53. The maximum absolute atomic E-state index is 11.5. The van der Waals surface area contributed by atoms with Gasteiger partial charge in [0.15, 0.2) is 0 Å². The molecule has 3 rings (SSSR count). The fourth-order valence-electron chi connectivity index (χ4n) is 1.98. The van der Waals surface area contributed by atoms with Crippen LogP contribution in [0.25, 0.3) is 5.82 Å². The molecule has 0 spiro atoms. The van der Waals surface area contributed by atoms with Gasteiger partial charge in [0.25, 0.3) is 0 Å². The summed E-state index contributed by atoms with van der Waals surface area (Å²) in [6.07, 6.45) is 5.18. The molecule has 0 aliphatic heterocycles. The predicted molar refractivity (Wildman–Crippen MR) is 91.0 cm³/mol. The largest absolute Gasteiger partial charge is 0.439 e. The topological polar surface area (TPSA) is 86.1 Å². The molecular formula is C16H16N4O3S. The van der Waals surface area contributed by atoms with Crippen LogP contribution in [0.2, 0.25) is 0 Å². The number of anilines is 1. The summed E-state index contributed by atoms with van der Waals surface area (Å²) < 4.78 is 33.1.